The number of fused-ring (bicyclic) bond motifs is 1. The predicted octanol–water partition coefficient (Wildman–Crippen LogP) is 4.15. The zero-order valence-corrected chi connectivity index (χ0v) is 18.8. The highest BCUT2D eigenvalue weighted by molar-refractivity contribution is 7.89. The van der Waals surface area contributed by atoms with Gasteiger partial charge in [0.05, 0.1) is 24.3 Å². The van der Waals surface area contributed by atoms with Crippen molar-refractivity contribution in [1.82, 2.24) is 4.31 Å². The lowest BCUT2D eigenvalue weighted by Crippen LogP contribution is -2.48. The van der Waals surface area contributed by atoms with Gasteiger partial charge >= 0.3 is 0 Å². The number of hydrogen-bond donors (Lipinski definition) is 0. The first kappa shape index (κ1) is 21.5. The van der Waals surface area contributed by atoms with Gasteiger partial charge in [0.2, 0.25) is 10.0 Å². The van der Waals surface area contributed by atoms with Crippen LogP contribution in [0.25, 0.3) is 10.8 Å². The summed E-state index contributed by atoms with van der Waals surface area (Å²) in [5.74, 6) is 1.52. The molecule has 1 heterocycles. The van der Waals surface area contributed by atoms with Crippen molar-refractivity contribution < 1.29 is 17.9 Å². The number of sulfonamides is 1. The molecule has 0 unspecified atom stereocenters. The first-order valence-electron chi connectivity index (χ1n) is 10.6. The van der Waals surface area contributed by atoms with E-state index in [4.69, 9.17) is 9.47 Å². The molecule has 0 bridgehead atoms. The maximum absolute atomic E-state index is 13.5. The van der Waals surface area contributed by atoms with Crippen molar-refractivity contribution in [2.45, 2.75) is 18.2 Å². The molecule has 1 saturated heterocycles. The zero-order valence-electron chi connectivity index (χ0n) is 18.0. The molecule has 3 aromatic carbocycles. The first-order chi connectivity index (χ1) is 15.1. The average Bonchev–Trinajstić information content (AvgIpc) is 2.82. The summed E-state index contributed by atoms with van der Waals surface area (Å²) in [7, 11) is -1.98. The van der Waals surface area contributed by atoms with E-state index in [2.05, 4.69) is 4.90 Å². The van der Waals surface area contributed by atoms with Crippen LogP contribution in [0.1, 0.15) is 13.3 Å². The smallest absolute Gasteiger partial charge is 0.243 e. The van der Waals surface area contributed by atoms with E-state index in [0.29, 0.717) is 43.1 Å². The summed E-state index contributed by atoms with van der Waals surface area (Å²) in [6.45, 7) is 4.70. The van der Waals surface area contributed by atoms with E-state index in [1.54, 1.807) is 23.5 Å². The second-order valence-corrected chi connectivity index (χ2v) is 9.43. The Hall–Kier alpha value is -2.77. The molecule has 31 heavy (non-hydrogen) atoms. The van der Waals surface area contributed by atoms with Gasteiger partial charge in [0.15, 0.2) is 0 Å². The SMILES string of the molecule is CCCOc1ccc(S(=O)(=O)N2CCN(c3ccccc3OC)CC2)c2ccccc12. The minimum absolute atomic E-state index is 0.331. The van der Waals surface area contributed by atoms with Crippen LogP contribution in [0.2, 0.25) is 0 Å². The van der Waals surface area contributed by atoms with Crippen LogP contribution in [-0.4, -0.2) is 52.6 Å². The molecule has 1 aliphatic rings. The summed E-state index contributed by atoms with van der Waals surface area (Å²) in [4.78, 5) is 2.50. The van der Waals surface area contributed by atoms with Crippen molar-refractivity contribution in [3.8, 4) is 11.5 Å². The average molecular weight is 441 g/mol. The number of methoxy groups -OCH3 is 1. The van der Waals surface area contributed by atoms with E-state index in [0.717, 1.165) is 29.0 Å². The monoisotopic (exact) mass is 440 g/mol. The second kappa shape index (κ2) is 9.16. The Morgan fingerprint density at radius 3 is 2.23 bits per heavy atom. The highest BCUT2D eigenvalue weighted by Crippen LogP contribution is 2.34. The summed E-state index contributed by atoms with van der Waals surface area (Å²) in [6, 6.07) is 18.8. The van der Waals surface area contributed by atoms with Crippen molar-refractivity contribution in [3.63, 3.8) is 0 Å². The molecule has 0 N–H and O–H groups in total. The van der Waals surface area contributed by atoms with Crippen molar-refractivity contribution >= 4 is 26.5 Å². The van der Waals surface area contributed by atoms with Crippen molar-refractivity contribution in [2.24, 2.45) is 0 Å². The summed E-state index contributed by atoms with van der Waals surface area (Å²) in [5.41, 5.74) is 0.991. The van der Waals surface area contributed by atoms with Crippen LogP contribution in [0.3, 0.4) is 0 Å². The quantitative estimate of drug-likeness (QED) is 0.552. The normalized spacial score (nSPS) is 15.2. The van der Waals surface area contributed by atoms with Gasteiger partial charge in [-0.15, -0.1) is 0 Å². The van der Waals surface area contributed by atoms with Crippen molar-refractivity contribution in [2.75, 3.05) is 44.8 Å². The van der Waals surface area contributed by atoms with Gasteiger partial charge in [-0.2, -0.15) is 4.31 Å². The highest BCUT2D eigenvalue weighted by atomic mass is 32.2. The molecule has 6 nitrogen and oxygen atoms in total. The molecule has 0 atom stereocenters. The molecule has 0 spiro atoms. The minimum Gasteiger partial charge on any atom is -0.495 e. The number of ether oxygens (including phenoxy) is 2. The van der Waals surface area contributed by atoms with Crippen molar-refractivity contribution in [3.05, 3.63) is 60.7 Å². The Kier molecular flexibility index (Phi) is 6.34. The molecule has 0 amide bonds. The topological polar surface area (TPSA) is 59.1 Å². The van der Waals surface area contributed by atoms with Gasteiger partial charge in [0.25, 0.3) is 0 Å². The molecule has 0 aliphatic carbocycles. The van der Waals surface area contributed by atoms with E-state index in [9.17, 15) is 8.42 Å². The molecular formula is C24H28N2O4S. The van der Waals surface area contributed by atoms with E-state index in [1.807, 2.05) is 55.5 Å². The molecule has 0 radical (unpaired) electrons. The van der Waals surface area contributed by atoms with E-state index < -0.39 is 10.0 Å². The number of piperazine rings is 1. The van der Waals surface area contributed by atoms with Crippen molar-refractivity contribution in [1.29, 1.82) is 0 Å². The Morgan fingerprint density at radius 2 is 1.52 bits per heavy atom. The van der Waals surface area contributed by atoms with Crippen LogP contribution in [0, 0.1) is 0 Å². The maximum atomic E-state index is 13.5. The van der Waals surface area contributed by atoms with Crippen LogP contribution in [-0.2, 0) is 10.0 Å². The van der Waals surface area contributed by atoms with Gasteiger partial charge in [-0.3, -0.25) is 0 Å². The predicted molar refractivity (Wildman–Crippen MR) is 124 cm³/mol. The van der Waals surface area contributed by atoms with Gasteiger partial charge in [-0.1, -0.05) is 43.3 Å². The van der Waals surface area contributed by atoms with E-state index >= 15 is 0 Å². The van der Waals surface area contributed by atoms with E-state index in [1.165, 1.54) is 0 Å². The largest absolute Gasteiger partial charge is 0.495 e. The number of rotatable bonds is 7. The third-order valence-corrected chi connectivity index (χ3v) is 7.54. The molecule has 0 aromatic heterocycles. The molecule has 1 aliphatic heterocycles. The number of hydrogen-bond acceptors (Lipinski definition) is 5. The summed E-state index contributed by atoms with van der Waals surface area (Å²) in [5, 5.41) is 1.52. The molecule has 0 saturated carbocycles. The molecule has 3 aromatic rings. The Morgan fingerprint density at radius 1 is 0.839 bits per heavy atom. The van der Waals surface area contributed by atoms with Crippen LogP contribution in [0.4, 0.5) is 5.69 Å². The maximum Gasteiger partial charge on any atom is 0.243 e. The van der Waals surface area contributed by atoms with Crippen LogP contribution in [0.5, 0.6) is 11.5 Å². The fourth-order valence-corrected chi connectivity index (χ4v) is 5.62. The Balaban J connectivity index is 1.59. The Bertz CT molecular complexity index is 1160. The lowest BCUT2D eigenvalue weighted by Gasteiger charge is -2.36. The third kappa shape index (κ3) is 4.20. The van der Waals surface area contributed by atoms with Gasteiger partial charge < -0.3 is 14.4 Å². The lowest BCUT2D eigenvalue weighted by atomic mass is 10.1. The number of para-hydroxylation sites is 2. The first-order valence-corrected chi connectivity index (χ1v) is 12.0. The zero-order chi connectivity index (χ0) is 21.8. The number of anilines is 1. The fraction of sp³-hybridized carbons (Fsp3) is 0.333. The number of nitrogens with zero attached hydrogens (tertiary/aromatic N) is 2. The highest BCUT2D eigenvalue weighted by Gasteiger charge is 2.31. The van der Waals surface area contributed by atoms with Gasteiger partial charge in [0.1, 0.15) is 11.5 Å². The fourth-order valence-electron chi connectivity index (χ4n) is 4.01. The minimum atomic E-state index is -3.63. The van der Waals surface area contributed by atoms with Crippen LogP contribution >= 0.6 is 0 Å². The summed E-state index contributed by atoms with van der Waals surface area (Å²) in [6.07, 6.45) is 0.894. The molecule has 164 valence electrons. The molecular weight excluding hydrogens is 412 g/mol. The standard InChI is InChI=1S/C24H28N2O4S/c1-3-18-30-22-12-13-24(20-9-5-4-8-19(20)22)31(27,28)26-16-14-25(15-17-26)21-10-6-7-11-23(21)29-2/h4-13H,3,14-18H2,1-2H3. The van der Waals surface area contributed by atoms with E-state index in [-0.39, 0.29) is 0 Å². The van der Waals surface area contributed by atoms with Gasteiger partial charge in [-0.25, -0.2) is 8.42 Å². The van der Waals surface area contributed by atoms with Gasteiger partial charge in [0, 0.05) is 37.0 Å². The molecule has 4 rings (SSSR count). The summed E-state index contributed by atoms with van der Waals surface area (Å²) >= 11 is 0. The third-order valence-electron chi connectivity index (χ3n) is 5.59. The Labute approximate surface area is 184 Å². The van der Waals surface area contributed by atoms with Crippen LogP contribution < -0.4 is 14.4 Å². The summed E-state index contributed by atoms with van der Waals surface area (Å²) < 4.78 is 39.9. The van der Waals surface area contributed by atoms with Crippen LogP contribution in [0.15, 0.2) is 65.6 Å². The number of benzene rings is 3. The van der Waals surface area contributed by atoms with Gasteiger partial charge in [-0.05, 0) is 30.7 Å². The molecule has 7 heteroatoms. The lowest BCUT2D eigenvalue weighted by molar-refractivity contribution is 0.321. The second-order valence-electron chi connectivity index (χ2n) is 7.52. The molecule has 1 fully saturated rings.